The maximum Gasteiger partial charge on any atom is 0.282 e. The van der Waals surface area contributed by atoms with Crippen LogP contribution in [0.2, 0.25) is 0 Å². The second-order valence-electron chi connectivity index (χ2n) is 5.90. The SMILES string of the molecule is O=S(=O)(N1CCOCC1)N1CCc2nc3ncc(Br)cc3cc2C1. The van der Waals surface area contributed by atoms with Crippen molar-refractivity contribution in [2.24, 2.45) is 0 Å². The second-order valence-corrected chi connectivity index (χ2v) is 8.74. The first-order chi connectivity index (χ1) is 11.5. The predicted molar refractivity (Wildman–Crippen MR) is 92.7 cm³/mol. The van der Waals surface area contributed by atoms with Crippen LogP contribution in [0.15, 0.2) is 22.8 Å². The van der Waals surface area contributed by atoms with Crippen molar-refractivity contribution in [3.8, 4) is 0 Å². The fourth-order valence-electron chi connectivity index (χ4n) is 3.11. The first kappa shape index (κ1) is 16.3. The molecule has 2 aliphatic heterocycles. The third kappa shape index (κ3) is 2.95. The lowest BCUT2D eigenvalue weighted by Crippen LogP contribution is -2.49. The van der Waals surface area contributed by atoms with Crippen molar-refractivity contribution >= 4 is 37.2 Å². The Balaban J connectivity index is 1.65. The van der Waals surface area contributed by atoms with Crippen molar-refractivity contribution in [3.05, 3.63) is 34.1 Å². The molecule has 0 unspecified atom stereocenters. The summed E-state index contributed by atoms with van der Waals surface area (Å²) >= 11 is 3.41. The van der Waals surface area contributed by atoms with E-state index in [4.69, 9.17) is 4.74 Å². The van der Waals surface area contributed by atoms with Crippen molar-refractivity contribution in [1.82, 2.24) is 18.6 Å². The van der Waals surface area contributed by atoms with Gasteiger partial charge in [-0.3, -0.25) is 0 Å². The van der Waals surface area contributed by atoms with E-state index in [1.165, 1.54) is 4.31 Å². The van der Waals surface area contributed by atoms with Crippen LogP contribution < -0.4 is 0 Å². The number of hydrogen-bond acceptors (Lipinski definition) is 5. The van der Waals surface area contributed by atoms with Crippen molar-refractivity contribution in [1.29, 1.82) is 0 Å². The zero-order chi connectivity index (χ0) is 16.7. The fourth-order valence-corrected chi connectivity index (χ4v) is 5.02. The molecule has 7 nitrogen and oxygen atoms in total. The summed E-state index contributed by atoms with van der Waals surface area (Å²) in [5.74, 6) is 0. The molecule has 1 saturated heterocycles. The zero-order valence-corrected chi connectivity index (χ0v) is 15.4. The molecule has 4 heterocycles. The molecule has 2 aromatic rings. The van der Waals surface area contributed by atoms with Gasteiger partial charge in [-0.2, -0.15) is 17.0 Å². The Morgan fingerprint density at radius 1 is 1.12 bits per heavy atom. The highest BCUT2D eigenvalue weighted by atomic mass is 79.9. The Morgan fingerprint density at radius 2 is 1.92 bits per heavy atom. The van der Waals surface area contributed by atoms with Crippen LogP contribution in [-0.2, 0) is 27.9 Å². The molecule has 9 heteroatoms. The lowest BCUT2D eigenvalue weighted by molar-refractivity contribution is 0.0698. The first-order valence-electron chi connectivity index (χ1n) is 7.81. The van der Waals surface area contributed by atoms with Gasteiger partial charge in [0.1, 0.15) is 0 Å². The molecule has 0 atom stereocenters. The number of ether oxygens (including phenoxy) is 1. The van der Waals surface area contributed by atoms with E-state index in [-0.39, 0.29) is 0 Å². The fraction of sp³-hybridized carbons (Fsp3) is 0.467. The van der Waals surface area contributed by atoms with E-state index in [2.05, 4.69) is 25.9 Å². The Morgan fingerprint density at radius 3 is 2.71 bits per heavy atom. The molecule has 128 valence electrons. The Hall–Kier alpha value is -1.13. The van der Waals surface area contributed by atoms with Gasteiger partial charge in [-0.1, -0.05) is 0 Å². The lowest BCUT2D eigenvalue weighted by Gasteiger charge is -2.34. The van der Waals surface area contributed by atoms with E-state index in [1.807, 2.05) is 12.1 Å². The Bertz CT molecular complexity index is 884. The number of nitrogens with zero attached hydrogens (tertiary/aromatic N) is 4. The number of pyridine rings is 2. The number of fused-ring (bicyclic) bond motifs is 2. The Labute approximate surface area is 148 Å². The minimum atomic E-state index is -3.46. The number of morpholine rings is 1. The highest BCUT2D eigenvalue weighted by molar-refractivity contribution is 9.10. The summed E-state index contributed by atoms with van der Waals surface area (Å²) in [6, 6.07) is 3.95. The van der Waals surface area contributed by atoms with E-state index < -0.39 is 10.2 Å². The summed E-state index contributed by atoms with van der Waals surface area (Å²) in [6.45, 7) is 2.54. The second kappa shape index (κ2) is 6.30. The highest BCUT2D eigenvalue weighted by Gasteiger charge is 2.33. The van der Waals surface area contributed by atoms with Gasteiger partial charge in [0.05, 0.1) is 13.2 Å². The molecule has 0 N–H and O–H groups in total. The normalized spacial score (nSPS) is 20.2. The van der Waals surface area contributed by atoms with E-state index in [0.717, 1.165) is 21.1 Å². The van der Waals surface area contributed by atoms with Crippen LogP contribution in [0.1, 0.15) is 11.3 Å². The molecule has 2 aliphatic rings. The lowest BCUT2D eigenvalue weighted by atomic mass is 10.1. The van der Waals surface area contributed by atoms with Crippen molar-refractivity contribution < 1.29 is 13.2 Å². The van der Waals surface area contributed by atoms with Gasteiger partial charge >= 0.3 is 0 Å². The van der Waals surface area contributed by atoms with E-state index >= 15 is 0 Å². The van der Waals surface area contributed by atoms with Gasteiger partial charge in [0.2, 0.25) is 0 Å². The summed E-state index contributed by atoms with van der Waals surface area (Å²) in [4.78, 5) is 8.92. The maximum absolute atomic E-state index is 12.8. The average Bonchev–Trinajstić information content (AvgIpc) is 2.60. The highest BCUT2D eigenvalue weighted by Crippen LogP contribution is 2.26. The third-order valence-corrected chi connectivity index (χ3v) is 6.79. The maximum atomic E-state index is 12.8. The summed E-state index contributed by atoms with van der Waals surface area (Å²) in [7, 11) is -3.46. The van der Waals surface area contributed by atoms with Crippen LogP contribution >= 0.6 is 15.9 Å². The summed E-state index contributed by atoms with van der Waals surface area (Å²) in [6.07, 6.45) is 2.33. The third-order valence-electron chi connectivity index (χ3n) is 4.37. The number of halogens is 1. The van der Waals surface area contributed by atoms with E-state index in [1.54, 1.807) is 10.5 Å². The molecule has 0 aromatic carbocycles. The standard InChI is InChI=1S/C15H17BrN4O3S/c16-13-8-11-7-12-10-20(2-1-14(12)18-15(11)17-9-13)24(21,22)19-3-5-23-6-4-19/h7-9H,1-6,10H2. The molecule has 0 saturated carbocycles. The Kier molecular flexibility index (Phi) is 4.29. The van der Waals surface area contributed by atoms with Gasteiger partial charge in [-0.05, 0) is 33.6 Å². The predicted octanol–water partition coefficient (Wildman–Crippen LogP) is 1.33. The largest absolute Gasteiger partial charge is 0.379 e. The quantitative estimate of drug-likeness (QED) is 0.743. The minimum absolute atomic E-state index is 0.352. The smallest absolute Gasteiger partial charge is 0.282 e. The van der Waals surface area contributed by atoms with Gasteiger partial charge in [-0.15, -0.1) is 0 Å². The van der Waals surface area contributed by atoms with Crippen molar-refractivity contribution in [3.63, 3.8) is 0 Å². The van der Waals surface area contributed by atoms with Crippen LogP contribution in [0, 0.1) is 0 Å². The molecule has 2 aromatic heterocycles. The van der Waals surface area contributed by atoms with Gasteiger partial charge in [-0.25, -0.2) is 9.97 Å². The van der Waals surface area contributed by atoms with Crippen LogP contribution in [0.25, 0.3) is 11.0 Å². The van der Waals surface area contributed by atoms with Crippen LogP contribution in [-0.4, -0.2) is 59.8 Å². The summed E-state index contributed by atoms with van der Waals surface area (Å²) < 4.78 is 34.8. The van der Waals surface area contributed by atoms with Crippen molar-refractivity contribution in [2.75, 3.05) is 32.8 Å². The van der Waals surface area contributed by atoms with Crippen LogP contribution in [0.4, 0.5) is 0 Å². The molecule has 1 fully saturated rings. The number of hydrogen-bond donors (Lipinski definition) is 0. The summed E-state index contributed by atoms with van der Waals surface area (Å²) in [5.41, 5.74) is 2.58. The summed E-state index contributed by atoms with van der Waals surface area (Å²) in [5, 5.41) is 0.911. The molecule has 24 heavy (non-hydrogen) atoms. The molecular formula is C15H17BrN4O3S. The monoisotopic (exact) mass is 412 g/mol. The van der Waals surface area contributed by atoms with Crippen molar-refractivity contribution in [2.45, 2.75) is 13.0 Å². The number of rotatable bonds is 2. The minimum Gasteiger partial charge on any atom is -0.379 e. The van der Waals surface area contributed by atoms with Gasteiger partial charge in [0.15, 0.2) is 5.65 Å². The molecule has 0 spiro atoms. The molecule has 0 radical (unpaired) electrons. The first-order valence-corrected chi connectivity index (χ1v) is 10.00. The zero-order valence-electron chi connectivity index (χ0n) is 13.0. The topological polar surface area (TPSA) is 75.6 Å². The van der Waals surface area contributed by atoms with Gasteiger partial charge < -0.3 is 4.74 Å². The van der Waals surface area contributed by atoms with Gasteiger partial charge in [0, 0.05) is 54.3 Å². The number of aromatic nitrogens is 2. The molecule has 0 amide bonds. The van der Waals surface area contributed by atoms with Crippen LogP contribution in [0.5, 0.6) is 0 Å². The van der Waals surface area contributed by atoms with Gasteiger partial charge in [0.25, 0.3) is 10.2 Å². The molecule has 4 rings (SSSR count). The molecule has 0 aliphatic carbocycles. The molecule has 0 bridgehead atoms. The van der Waals surface area contributed by atoms with Crippen LogP contribution in [0.3, 0.4) is 0 Å². The van der Waals surface area contributed by atoms with E-state index in [9.17, 15) is 8.42 Å². The average molecular weight is 413 g/mol. The molecular weight excluding hydrogens is 396 g/mol. The van der Waals surface area contributed by atoms with E-state index in [0.29, 0.717) is 51.5 Å².